The Morgan fingerprint density at radius 1 is 1.29 bits per heavy atom. The van der Waals surface area contributed by atoms with Crippen LogP contribution in [-0.4, -0.2) is 47.3 Å². The molecule has 1 aliphatic rings. The average Bonchev–Trinajstić information content (AvgIpc) is 3.25. The van der Waals surface area contributed by atoms with Gasteiger partial charge in [-0.2, -0.15) is 4.98 Å². The molecule has 0 bridgehead atoms. The first-order valence-electron chi connectivity index (χ1n) is 8.53. The molecular formula is C16H30N4O. The minimum absolute atomic E-state index is 0.515. The number of hydrogen-bond donors (Lipinski definition) is 1. The molecule has 0 aromatic carbocycles. The number of likely N-dealkylation sites (N-methyl/N-ethyl adjacent to an activating group) is 1. The van der Waals surface area contributed by atoms with Gasteiger partial charge in [0.25, 0.3) is 0 Å². The van der Waals surface area contributed by atoms with Crippen molar-refractivity contribution < 1.29 is 4.52 Å². The Morgan fingerprint density at radius 3 is 2.67 bits per heavy atom. The molecule has 1 atom stereocenters. The van der Waals surface area contributed by atoms with Gasteiger partial charge in [-0.1, -0.05) is 25.9 Å². The van der Waals surface area contributed by atoms with E-state index >= 15 is 0 Å². The van der Waals surface area contributed by atoms with E-state index in [9.17, 15) is 0 Å². The quantitative estimate of drug-likeness (QED) is 0.678. The molecule has 5 heteroatoms. The van der Waals surface area contributed by atoms with Crippen molar-refractivity contribution >= 4 is 0 Å². The maximum Gasteiger partial charge on any atom is 0.228 e. The number of hydrogen-bond acceptors (Lipinski definition) is 5. The number of rotatable bonds is 11. The second kappa shape index (κ2) is 8.49. The van der Waals surface area contributed by atoms with Crippen molar-refractivity contribution in [3.8, 4) is 0 Å². The summed E-state index contributed by atoms with van der Waals surface area (Å²) in [6.07, 6.45) is 5.60. The Labute approximate surface area is 128 Å². The van der Waals surface area contributed by atoms with E-state index in [4.69, 9.17) is 4.52 Å². The molecule has 1 aromatic rings. The van der Waals surface area contributed by atoms with Crippen LogP contribution in [0.3, 0.4) is 0 Å². The lowest BCUT2D eigenvalue weighted by atomic mass is 10.1. The Balaban J connectivity index is 1.81. The van der Waals surface area contributed by atoms with Crippen LogP contribution in [0, 0.1) is 5.92 Å². The summed E-state index contributed by atoms with van der Waals surface area (Å²) in [6.45, 7) is 10.8. The van der Waals surface area contributed by atoms with Gasteiger partial charge in [0.2, 0.25) is 5.89 Å². The van der Waals surface area contributed by atoms with Gasteiger partial charge in [-0.15, -0.1) is 0 Å². The van der Waals surface area contributed by atoms with Gasteiger partial charge >= 0.3 is 0 Å². The molecule has 120 valence electrons. The highest BCUT2D eigenvalue weighted by molar-refractivity contribution is 4.95. The van der Waals surface area contributed by atoms with Crippen LogP contribution >= 0.6 is 0 Å². The van der Waals surface area contributed by atoms with Crippen molar-refractivity contribution in [1.82, 2.24) is 20.4 Å². The Hall–Kier alpha value is -0.940. The second-order valence-corrected chi connectivity index (χ2v) is 5.98. The van der Waals surface area contributed by atoms with Gasteiger partial charge in [0.1, 0.15) is 0 Å². The Morgan fingerprint density at radius 2 is 2.05 bits per heavy atom. The Kier molecular flexibility index (Phi) is 6.64. The zero-order valence-electron chi connectivity index (χ0n) is 13.8. The molecule has 1 aliphatic carbocycles. The number of nitrogens with zero attached hydrogens (tertiary/aromatic N) is 3. The average molecular weight is 294 g/mol. The second-order valence-electron chi connectivity index (χ2n) is 5.98. The van der Waals surface area contributed by atoms with E-state index in [1.54, 1.807) is 0 Å². The van der Waals surface area contributed by atoms with Gasteiger partial charge < -0.3 is 14.7 Å². The van der Waals surface area contributed by atoms with E-state index in [-0.39, 0.29) is 0 Å². The van der Waals surface area contributed by atoms with Crippen molar-refractivity contribution in [2.75, 3.05) is 26.2 Å². The predicted octanol–water partition coefficient (Wildman–Crippen LogP) is 2.27. The first-order chi connectivity index (χ1) is 10.3. The van der Waals surface area contributed by atoms with Crippen LogP contribution in [0.2, 0.25) is 0 Å². The summed E-state index contributed by atoms with van der Waals surface area (Å²) >= 11 is 0. The first kappa shape index (κ1) is 16.4. The van der Waals surface area contributed by atoms with Crippen molar-refractivity contribution in [2.45, 2.75) is 58.9 Å². The highest BCUT2D eigenvalue weighted by atomic mass is 16.5. The van der Waals surface area contributed by atoms with Crippen LogP contribution in [0.5, 0.6) is 0 Å². The highest BCUT2D eigenvalue weighted by Crippen LogP contribution is 2.33. The van der Waals surface area contributed by atoms with Gasteiger partial charge in [-0.25, -0.2) is 0 Å². The maximum absolute atomic E-state index is 5.43. The van der Waals surface area contributed by atoms with E-state index < -0.39 is 0 Å². The Bertz CT molecular complexity index is 399. The van der Waals surface area contributed by atoms with Crippen LogP contribution < -0.4 is 5.32 Å². The van der Waals surface area contributed by atoms with Crippen molar-refractivity contribution in [3.05, 3.63) is 11.7 Å². The first-order valence-corrected chi connectivity index (χ1v) is 8.53. The van der Waals surface area contributed by atoms with Crippen LogP contribution in [-0.2, 0) is 12.8 Å². The lowest BCUT2D eigenvalue weighted by molar-refractivity contribution is 0.302. The third-order valence-electron chi connectivity index (χ3n) is 4.30. The molecule has 0 spiro atoms. The number of aromatic nitrogens is 2. The third-order valence-corrected chi connectivity index (χ3v) is 4.30. The molecule has 2 rings (SSSR count). The highest BCUT2D eigenvalue weighted by Gasteiger charge is 2.32. The van der Waals surface area contributed by atoms with Gasteiger partial charge in [-0.3, -0.25) is 0 Å². The molecule has 1 unspecified atom stereocenters. The smallest absolute Gasteiger partial charge is 0.228 e. The maximum atomic E-state index is 5.43. The van der Waals surface area contributed by atoms with E-state index in [1.807, 2.05) is 0 Å². The summed E-state index contributed by atoms with van der Waals surface area (Å²) in [5, 5.41) is 7.75. The molecule has 21 heavy (non-hydrogen) atoms. The van der Waals surface area contributed by atoms with E-state index in [1.165, 1.54) is 19.3 Å². The van der Waals surface area contributed by atoms with E-state index in [0.717, 1.165) is 56.7 Å². The molecule has 1 fully saturated rings. The van der Waals surface area contributed by atoms with Crippen LogP contribution in [0.1, 0.15) is 51.7 Å². The van der Waals surface area contributed by atoms with Crippen LogP contribution in [0.4, 0.5) is 0 Å². The van der Waals surface area contributed by atoms with Gasteiger partial charge in [0.05, 0.1) is 0 Å². The van der Waals surface area contributed by atoms with Crippen molar-refractivity contribution in [2.24, 2.45) is 5.92 Å². The van der Waals surface area contributed by atoms with Crippen molar-refractivity contribution in [3.63, 3.8) is 0 Å². The molecule has 0 aliphatic heterocycles. The minimum Gasteiger partial charge on any atom is -0.339 e. The van der Waals surface area contributed by atoms with E-state index in [0.29, 0.717) is 6.04 Å². The monoisotopic (exact) mass is 294 g/mol. The summed E-state index contributed by atoms with van der Waals surface area (Å²) in [5.74, 6) is 2.45. The van der Waals surface area contributed by atoms with Crippen molar-refractivity contribution in [1.29, 1.82) is 0 Å². The fraction of sp³-hybridized carbons (Fsp3) is 0.875. The summed E-state index contributed by atoms with van der Waals surface area (Å²) in [4.78, 5) is 6.95. The molecule has 1 N–H and O–H groups in total. The SMILES string of the molecule is CCCNC(Cc1nc(CCN(CC)CC)no1)C1CC1. The lowest BCUT2D eigenvalue weighted by Gasteiger charge is -2.16. The molecule has 1 saturated carbocycles. The van der Waals surface area contributed by atoms with Gasteiger partial charge in [0.15, 0.2) is 5.82 Å². The number of nitrogens with one attached hydrogen (secondary N) is 1. The van der Waals surface area contributed by atoms with Gasteiger partial charge in [-0.05, 0) is 44.8 Å². The molecular weight excluding hydrogens is 264 g/mol. The fourth-order valence-electron chi connectivity index (χ4n) is 2.69. The minimum atomic E-state index is 0.515. The zero-order valence-corrected chi connectivity index (χ0v) is 13.8. The molecule has 1 heterocycles. The summed E-state index contributed by atoms with van der Waals surface area (Å²) in [7, 11) is 0. The fourth-order valence-corrected chi connectivity index (χ4v) is 2.69. The molecule has 0 radical (unpaired) electrons. The predicted molar refractivity (Wildman–Crippen MR) is 84.3 cm³/mol. The summed E-state index contributed by atoms with van der Waals surface area (Å²) < 4.78 is 5.43. The molecule has 5 nitrogen and oxygen atoms in total. The molecule has 0 saturated heterocycles. The van der Waals surface area contributed by atoms with Crippen LogP contribution in [0.25, 0.3) is 0 Å². The largest absolute Gasteiger partial charge is 0.339 e. The van der Waals surface area contributed by atoms with E-state index in [2.05, 4.69) is 41.1 Å². The standard InChI is InChI=1S/C16H30N4O/c1-4-10-17-14(13-7-8-13)12-16-18-15(19-21-16)9-11-20(5-2)6-3/h13-14,17H,4-12H2,1-3H3. The zero-order chi connectivity index (χ0) is 15.1. The topological polar surface area (TPSA) is 54.2 Å². The summed E-state index contributed by atoms with van der Waals surface area (Å²) in [6, 6.07) is 0.515. The summed E-state index contributed by atoms with van der Waals surface area (Å²) in [5.41, 5.74) is 0. The molecule has 1 aromatic heterocycles. The molecule has 0 amide bonds. The third kappa shape index (κ3) is 5.40. The van der Waals surface area contributed by atoms with Gasteiger partial charge in [0, 0.05) is 25.4 Å². The normalized spacial score (nSPS) is 16.6. The lowest BCUT2D eigenvalue weighted by Crippen LogP contribution is -2.33. The van der Waals surface area contributed by atoms with Crippen LogP contribution in [0.15, 0.2) is 4.52 Å².